The first-order valence-electron chi connectivity index (χ1n) is 6.58. The first-order valence-corrected chi connectivity index (χ1v) is 6.58. The maximum absolute atomic E-state index is 12.2. The Morgan fingerprint density at radius 2 is 2.32 bits per heavy atom. The molecule has 0 spiro atoms. The van der Waals surface area contributed by atoms with Gasteiger partial charge in [0.25, 0.3) is 0 Å². The predicted octanol–water partition coefficient (Wildman–Crippen LogP) is 1.59. The lowest BCUT2D eigenvalue weighted by molar-refractivity contribution is -0.131. The van der Waals surface area contributed by atoms with Gasteiger partial charge in [-0.05, 0) is 11.6 Å². The predicted molar refractivity (Wildman–Crippen MR) is 76.2 cm³/mol. The molecule has 19 heavy (non-hydrogen) atoms. The summed E-state index contributed by atoms with van der Waals surface area (Å²) in [6.07, 6.45) is 2.16. The van der Waals surface area contributed by atoms with Crippen molar-refractivity contribution < 1.29 is 9.90 Å². The SMILES string of the molecule is C=CCN(CCO)C(=O)CC1CNc2ccccc21. The van der Waals surface area contributed by atoms with Crippen molar-refractivity contribution in [3.8, 4) is 0 Å². The second-order valence-corrected chi connectivity index (χ2v) is 4.72. The molecule has 0 aromatic heterocycles. The van der Waals surface area contributed by atoms with Crippen LogP contribution in [0.5, 0.6) is 0 Å². The molecule has 0 aliphatic carbocycles. The molecule has 2 rings (SSSR count). The lowest BCUT2D eigenvalue weighted by atomic mass is 9.97. The molecule has 1 amide bonds. The van der Waals surface area contributed by atoms with E-state index in [9.17, 15) is 4.79 Å². The van der Waals surface area contributed by atoms with Crippen molar-refractivity contribution in [3.05, 3.63) is 42.5 Å². The third-order valence-electron chi connectivity index (χ3n) is 3.43. The van der Waals surface area contributed by atoms with E-state index in [0.717, 1.165) is 12.2 Å². The van der Waals surface area contributed by atoms with Crippen LogP contribution in [-0.2, 0) is 4.79 Å². The number of aliphatic hydroxyl groups excluding tert-OH is 1. The number of carbonyl (C=O) groups excluding carboxylic acids is 1. The summed E-state index contributed by atoms with van der Waals surface area (Å²) in [6, 6.07) is 8.09. The van der Waals surface area contributed by atoms with E-state index in [0.29, 0.717) is 19.5 Å². The Bertz CT molecular complexity index is 459. The van der Waals surface area contributed by atoms with Gasteiger partial charge < -0.3 is 15.3 Å². The summed E-state index contributed by atoms with van der Waals surface area (Å²) in [5.74, 6) is 0.284. The summed E-state index contributed by atoms with van der Waals surface area (Å²) in [5, 5.41) is 12.3. The zero-order chi connectivity index (χ0) is 13.7. The maximum Gasteiger partial charge on any atom is 0.223 e. The van der Waals surface area contributed by atoms with Gasteiger partial charge in [0.15, 0.2) is 0 Å². The third kappa shape index (κ3) is 3.15. The Hall–Kier alpha value is -1.81. The Balaban J connectivity index is 2.01. The first kappa shape index (κ1) is 13.6. The molecule has 1 aliphatic rings. The summed E-state index contributed by atoms with van der Waals surface area (Å²) >= 11 is 0. The number of rotatable bonds is 6. The lowest BCUT2D eigenvalue weighted by Gasteiger charge is -2.21. The van der Waals surface area contributed by atoms with Gasteiger partial charge in [0.1, 0.15) is 0 Å². The van der Waals surface area contributed by atoms with E-state index in [2.05, 4.69) is 18.0 Å². The topological polar surface area (TPSA) is 52.6 Å². The molecule has 1 heterocycles. The fourth-order valence-electron chi connectivity index (χ4n) is 2.47. The monoisotopic (exact) mass is 260 g/mol. The van der Waals surface area contributed by atoms with Gasteiger partial charge in [-0.3, -0.25) is 4.79 Å². The van der Waals surface area contributed by atoms with E-state index in [-0.39, 0.29) is 18.4 Å². The number of hydrogen-bond donors (Lipinski definition) is 2. The molecule has 0 saturated heterocycles. The number of hydrogen-bond acceptors (Lipinski definition) is 3. The zero-order valence-corrected chi connectivity index (χ0v) is 11.0. The van der Waals surface area contributed by atoms with Crippen LogP contribution in [0.2, 0.25) is 0 Å². The molecule has 1 aromatic carbocycles. The van der Waals surface area contributed by atoms with Crippen molar-refractivity contribution in [3.63, 3.8) is 0 Å². The van der Waals surface area contributed by atoms with Crippen LogP contribution in [0.4, 0.5) is 5.69 Å². The maximum atomic E-state index is 12.2. The van der Waals surface area contributed by atoms with E-state index >= 15 is 0 Å². The quantitative estimate of drug-likeness (QED) is 0.764. The Kier molecular flexibility index (Phi) is 4.58. The number of fused-ring (bicyclic) bond motifs is 1. The summed E-state index contributed by atoms with van der Waals surface area (Å²) in [6.45, 7) is 5.28. The average molecular weight is 260 g/mol. The van der Waals surface area contributed by atoms with E-state index in [1.165, 1.54) is 5.56 Å². The molecule has 0 saturated carbocycles. The number of para-hydroxylation sites is 1. The summed E-state index contributed by atoms with van der Waals surface area (Å²) in [7, 11) is 0. The Labute approximate surface area is 113 Å². The van der Waals surface area contributed by atoms with E-state index in [1.807, 2.05) is 18.2 Å². The van der Waals surface area contributed by atoms with Crippen molar-refractivity contribution in [1.29, 1.82) is 0 Å². The number of anilines is 1. The van der Waals surface area contributed by atoms with Crippen LogP contribution < -0.4 is 5.32 Å². The van der Waals surface area contributed by atoms with Crippen LogP contribution in [0.15, 0.2) is 36.9 Å². The molecule has 0 radical (unpaired) electrons. The number of carbonyl (C=O) groups is 1. The van der Waals surface area contributed by atoms with Gasteiger partial charge in [0, 0.05) is 37.7 Å². The van der Waals surface area contributed by atoms with Crippen molar-refractivity contribution in [2.45, 2.75) is 12.3 Å². The molecule has 2 N–H and O–H groups in total. The molecule has 1 aliphatic heterocycles. The van der Waals surface area contributed by atoms with Gasteiger partial charge in [-0.2, -0.15) is 0 Å². The smallest absolute Gasteiger partial charge is 0.223 e. The molecule has 1 atom stereocenters. The molecule has 0 fully saturated rings. The highest BCUT2D eigenvalue weighted by molar-refractivity contribution is 5.78. The highest BCUT2D eigenvalue weighted by Gasteiger charge is 2.25. The molecule has 4 nitrogen and oxygen atoms in total. The number of amides is 1. The molecular formula is C15H20N2O2. The fourth-order valence-corrected chi connectivity index (χ4v) is 2.47. The average Bonchev–Trinajstić information content (AvgIpc) is 2.82. The second kappa shape index (κ2) is 6.38. The summed E-state index contributed by atoms with van der Waals surface area (Å²) in [4.78, 5) is 13.9. The van der Waals surface area contributed by atoms with Gasteiger partial charge in [-0.25, -0.2) is 0 Å². The largest absolute Gasteiger partial charge is 0.395 e. The van der Waals surface area contributed by atoms with Crippen LogP contribution in [0.1, 0.15) is 17.9 Å². The highest BCUT2D eigenvalue weighted by atomic mass is 16.3. The van der Waals surface area contributed by atoms with Crippen LogP contribution >= 0.6 is 0 Å². The normalized spacial score (nSPS) is 16.6. The molecule has 102 valence electrons. The van der Waals surface area contributed by atoms with Gasteiger partial charge in [-0.1, -0.05) is 24.3 Å². The minimum absolute atomic E-state index is 0.0148. The molecule has 0 bridgehead atoms. The van der Waals surface area contributed by atoms with Gasteiger partial charge in [0.05, 0.1) is 6.61 Å². The summed E-state index contributed by atoms with van der Waals surface area (Å²) < 4.78 is 0. The van der Waals surface area contributed by atoms with Crippen molar-refractivity contribution in [1.82, 2.24) is 4.90 Å². The van der Waals surface area contributed by atoms with E-state index in [4.69, 9.17) is 5.11 Å². The molecule has 4 heteroatoms. The van der Waals surface area contributed by atoms with Gasteiger partial charge in [0.2, 0.25) is 5.91 Å². The minimum atomic E-state index is -0.0148. The molecule has 1 unspecified atom stereocenters. The molecule has 1 aromatic rings. The standard InChI is InChI=1S/C15H20N2O2/c1-2-7-17(8-9-18)15(19)10-12-11-16-14-6-4-3-5-13(12)14/h2-6,12,16,18H,1,7-11H2. The van der Waals surface area contributed by atoms with Crippen LogP contribution in [-0.4, -0.2) is 42.2 Å². The van der Waals surface area contributed by atoms with Crippen molar-refractivity contribution >= 4 is 11.6 Å². The van der Waals surface area contributed by atoms with Crippen LogP contribution in [0.3, 0.4) is 0 Å². The van der Waals surface area contributed by atoms with Gasteiger partial charge in [-0.15, -0.1) is 6.58 Å². The number of nitrogens with zero attached hydrogens (tertiary/aromatic N) is 1. The fraction of sp³-hybridized carbons (Fsp3) is 0.400. The number of nitrogens with one attached hydrogen (secondary N) is 1. The Morgan fingerprint density at radius 3 is 3.05 bits per heavy atom. The first-order chi connectivity index (χ1) is 9.26. The van der Waals surface area contributed by atoms with Crippen molar-refractivity contribution in [2.24, 2.45) is 0 Å². The molecular weight excluding hydrogens is 240 g/mol. The highest BCUT2D eigenvalue weighted by Crippen LogP contribution is 2.33. The lowest BCUT2D eigenvalue weighted by Crippen LogP contribution is -2.34. The van der Waals surface area contributed by atoms with Crippen LogP contribution in [0, 0.1) is 0 Å². The zero-order valence-electron chi connectivity index (χ0n) is 11.0. The van der Waals surface area contributed by atoms with E-state index < -0.39 is 0 Å². The second-order valence-electron chi connectivity index (χ2n) is 4.72. The number of benzene rings is 1. The Morgan fingerprint density at radius 1 is 1.53 bits per heavy atom. The van der Waals surface area contributed by atoms with Crippen molar-refractivity contribution in [2.75, 3.05) is 31.6 Å². The minimum Gasteiger partial charge on any atom is -0.395 e. The van der Waals surface area contributed by atoms with Crippen LogP contribution in [0.25, 0.3) is 0 Å². The third-order valence-corrected chi connectivity index (χ3v) is 3.43. The summed E-state index contributed by atoms with van der Waals surface area (Å²) in [5.41, 5.74) is 2.33. The van der Waals surface area contributed by atoms with E-state index in [1.54, 1.807) is 11.0 Å². The van der Waals surface area contributed by atoms with Gasteiger partial charge >= 0.3 is 0 Å². The number of aliphatic hydroxyl groups is 1.